The van der Waals surface area contributed by atoms with Gasteiger partial charge in [0.2, 0.25) is 0 Å². The molecule has 3 N–H and O–H groups in total. The Morgan fingerprint density at radius 1 is 1.13 bits per heavy atom. The van der Waals surface area contributed by atoms with Crippen molar-refractivity contribution < 1.29 is 9.18 Å². The summed E-state index contributed by atoms with van der Waals surface area (Å²) in [4.78, 5) is 30.7. The van der Waals surface area contributed by atoms with E-state index in [0.717, 1.165) is 25.9 Å². The van der Waals surface area contributed by atoms with Crippen LogP contribution in [0.15, 0.2) is 47.3 Å². The number of fused-ring (bicyclic) bond motifs is 1. The van der Waals surface area contributed by atoms with Gasteiger partial charge in [-0.25, -0.2) is 4.39 Å². The maximum atomic E-state index is 13.1. The van der Waals surface area contributed by atoms with Gasteiger partial charge in [0.25, 0.3) is 5.56 Å². The monoisotopic (exact) mass is 426 g/mol. The minimum Gasteiger partial charge on any atom is -0.399 e. The molecule has 156 valence electrons. The Balaban J connectivity index is 1.39. The summed E-state index contributed by atoms with van der Waals surface area (Å²) in [6.07, 6.45) is 1.49. The second-order valence-corrected chi connectivity index (χ2v) is 8.07. The van der Waals surface area contributed by atoms with E-state index in [0.29, 0.717) is 40.0 Å². The zero-order valence-corrected chi connectivity index (χ0v) is 17.3. The first-order valence-electron chi connectivity index (χ1n) is 9.97. The standard InChI is InChI=1S/C22H23FN4O2S/c23-16-3-1-14(2-4-16)20(28)15-7-9-26(10-8-15)11-12-27-21(29)18-6-5-17(24)13-19(18)25-22(27)30/h1-6,13,15H,7-12,24H2,(H,25,30). The molecule has 1 saturated heterocycles. The van der Waals surface area contributed by atoms with Crippen LogP contribution in [0.2, 0.25) is 0 Å². The number of rotatable bonds is 5. The largest absolute Gasteiger partial charge is 0.399 e. The summed E-state index contributed by atoms with van der Waals surface area (Å²) >= 11 is 5.37. The molecule has 1 aliphatic heterocycles. The van der Waals surface area contributed by atoms with E-state index in [4.69, 9.17) is 18.0 Å². The van der Waals surface area contributed by atoms with Crippen LogP contribution in [0.1, 0.15) is 23.2 Å². The number of halogens is 1. The highest BCUT2D eigenvalue weighted by atomic mass is 32.1. The number of ketones is 1. The van der Waals surface area contributed by atoms with Gasteiger partial charge in [-0.15, -0.1) is 0 Å². The number of carbonyl (C=O) groups is 1. The van der Waals surface area contributed by atoms with Crippen LogP contribution in [0.5, 0.6) is 0 Å². The summed E-state index contributed by atoms with van der Waals surface area (Å²) in [7, 11) is 0. The molecule has 4 rings (SSSR count). The van der Waals surface area contributed by atoms with Crippen LogP contribution in [0.3, 0.4) is 0 Å². The number of hydrogen-bond donors (Lipinski definition) is 2. The van der Waals surface area contributed by atoms with E-state index < -0.39 is 0 Å². The predicted molar refractivity (Wildman–Crippen MR) is 118 cm³/mol. The molecule has 0 spiro atoms. The Labute approximate surface area is 178 Å². The Hall–Kier alpha value is -2.84. The van der Waals surface area contributed by atoms with Gasteiger partial charge in [-0.3, -0.25) is 14.2 Å². The number of nitrogen functional groups attached to an aromatic ring is 1. The molecule has 1 aliphatic rings. The lowest BCUT2D eigenvalue weighted by molar-refractivity contribution is 0.0837. The van der Waals surface area contributed by atoms with E-state index >= 15 is 0 Å². The molecular formula is C22H23FN4O2S. The van der Waals surface area contributed by atoms with Crippen LogP contribution >= 0.6 is 12.2 Å². The van der Waals surface area contributed by atoms with Crippen molar-refractivity contribution in [2.75, 3.05) is 25.4 Å². The van der Waals surface area contributed by atoms with E-state index in [1.807, 2.05) is 0 Å². The van der Waals surface area contributed by atoms with Gasteiger partial charge in [0, 0.05) is 30.3 Å². The molecule has 2 aromatic carbocycles. The molecule has 8 heteroatoms. The van der Waals surface area contributed by atoms with Crippen molar-refractivity contribution in [2.24, 2.45) is 5.92 Å². The third-order valence-electron chi connectivity index (χ3n) is 5.73. The minimum absolute atomic E-state index is 0.0524. The van der Waals surface area contributed by atoms with E-state index in [1.54, 1.807) is 34.9 Å². The summed E-state index contributed by atoms with van der Waals surface area (Å²) < 4.78 is 15.0. The average Bonchev–Trinajstić information content (AvgIpc) is 2.74. The van der Waals surface area contributed by atoms with Crippen molar-refractivity contribution in [3.05, 3.63) is 69.0 Å². The highest BCUT2D eigenvalue weighted by Gasteiger charge is 2.25. The van der Waals surface area contributed by atoms with E-state index in [-0.39, 0.29) is 23.1 Å². The lowest BCUT2D eigenvalue weighted by atomic mass is 9.89. The van der Waals surface area contributed by atoms with Crippen LogP contribution in [0, 0.1) is 16.5 Å². The normalized spacial score (nSPS) is 15.5. The molecule has 30 heavy (non-hydrogen) atoms. The molecule has 1 aromatic heterocycles. The first-order valence-corrected chi connectivity index (χ1v) is 10.4. The Morgan fingerprint density at radius 2 is 1.83 bits per heavy atom. The first-order chi connectivity index (χ1) is 14.4. The lowest BCUT2D eigenvalue weighted by Crippen LogP contribution is -2.39. The van der Waals surface area contributed by atoms with Crippen LogP contribution in [-0.2, 0) is 6.54 Å². The number of nitrogens with one attached hydrogen (secondary N) is 1. The van der Waals surface area contributed by atoms with Gasteiger partial charge in [0.05, 0.1) is 10.9 Å². The summed E-state index contributed by atoms with van der Waals surface area (Å²) in [5.74, 6) is -0.322. The number of H-pyrrole nitrogens is 1. The zero-order chi connectivity index (χ0) is 21.3. The Bertz CT molecular complexity index is 1190. The van der Waals surface area contributed by atoms with Crippen molar-refractivity contribution in [1.82, 2.24) is 14.5 Å². The highest BCUT2D eigenvalue weighted by molar-refractivity contribution is 7.71. The molecule has 6 nitrogen and oxygen atoms in total. The minimum atomic E-state index is -0.341. The number of Topliss-reactive ketones (excluding diaryl/α,β-unsaturated/α-hetero) is 1. The molecule has 0 bridgehead atoms. The number of aromatic amines is 1. The number of hydrogen-bond acceptors (Lipinski definition) is 5. The number of benzene rings is 2. The van der Waals surface area contributed by atoms with Crippen molar-refractivity contribution >= 4 is 34.6 Å². The molecule has 0 saturated carbocycles. The van der Waals surface area contributed by atoms with Gasteiger partial charge in [0.15, 0.2) is 10.6 Å². The topological polar surface area (TPSA) is 84.1 Å². The molecule has 0 radical (unpaired) electrons. The molecule has 0 amide bonds. The maximum absolute atomic E-state index is 13.1. The van der Waals surface area contributed by atoms with Crippen LogP contribution < -0.4 is 11.3 Å². The lowest BCUT2D eigenvalue weighted by Gasteiger charge is -2.31. The van der Waals surface area contributed by atoms with Gasteiger partial charge >= 0.3 is 0 Å². The molecule has 0 unspecified atom stereocenters. The van der Waals surface area contributed by atoms with Crippen molar-refractivity contribution in [3.8, 4) is 0 Å². The second kappa shape index (κ2) is 8.49. The molecule has 1 fully saturated rings. The van der Waals surface area contributed by atoms with Gasteiger partial charge in [-0.05, 0) is 80.6 Å². The fourth-order valence-corrected chi connectivity index (χ4v) is 4.27. The highest BCUT2D eigenvalue weighted by Crippen LogP contribution is 2.22. The fraction of sp³-hybridized carbons (Fsp3) is 0.318. The number of piperidine rings is 1. The fourth-order valence-electron chi connectivity index (χ4n) is 3.99. The molecule has 2 heterocycles. The summed E-state index contributed by atoms with van der Waals surface area (Å²) in [5, 5.41) is 0.557. The van der Waals surface area contributed by atoms with Gasteiger partial charge in [0.1, 0.15) is 5.82 Å². The zero-order valence-electron chi connectivity index (χ0n) is 16.4. The van der Waals surface area contributed by atoms with Crippen molar-refractivity contribution in [1.29, 1.82) is 0 Å². The predicted octanol–water partition coefficient (Wildman–Crippen LogP) is 3.38. The number of aromatic nitrogens is 2. The third kappa shape index (κ3) is 4.20. The van der Waals surface area contributed by atoms with E-state index in [2.05, 4.69) is 9.88 Å². The van der Waals surface area contributed by atoms with E-state index in [9.17, 15) is 14.0 Å². The molecule has 0 aliphatic carbocycles. The number of anilines is 1. The van der Waals surface area contributed by atoms with Crippen molar-refractivity contribution in [2.45, 2.75) is 19.4 Å². The molecule has 0 atom stereocenters. The smallest absolute Gasteiger partial charge is 0.262 e. The van der Waals surface area contributed by atoms with Gasteiger partial charge < -0.3 is 15.6 Å². The van der Waals surface area contributed by atoms with Crippen LogP contribution in [0.25, 0.3) is 10.9 Å². The molecule has 3 aromatic rings. The quantitative estimate of drug-likeness (QED) is 0.371. The second-order valence-electron chi connectivity index (χ2n) is 7.68. The SMILES string of the molecule is Nc1ccc2c(=O)n(CCN3CCC(C(=O)c4ccc(F)cc4)CC3)c(=S)[nH]c2c1. The summed E-state index contributed by atoms with van der Waals surface area (Å²) in [6, 6.07) is 10.9. The Morgan fingerprint density at radius 3 is 2.53 bits per heavy atom. The number of carbonyl (C=O) groups excluding carboxylic acids is 1. The Kier molecular flexibility index (Phi) is 5.78. The van der Waals surface area contributed by atoms with Gasteiger partial charge in [-0.2, -0.15) is 0 Å². The summed E-state index contributed by atoms with van der Waals surface area (Å²) in [5.41, 5.74) is 7.43. The van der Waals surface area contributed by atoms with Crippen molar-refractivity contribution in [3.63, 3.8) is 0 Å². The maximum Gasteiger partial charge on any atom is 0.262 e. The third-order valence-corrected chi connectivity index (χ3v) is 6.06. The van der Waals surface area contributed by atoms with Crippen LogP contribution in [0.4, 0.5) is 10.1 Å². The average molecular weight is 427 g/mol. The molecular weight excluding hydrogens is 403 g/mol. The summed E-state index contributed by atoms with van der Waals surface area (Å²) in [6.45, 7) is 2.69. The number of nitrogens with two attached hydrogens (primary N) is 1. The first kappa shape index (κ1) is 20.4. The van der Waals surface area contributed by atoms with Gasteiger partial charge in [-0.1, -0.05) is 0 Å². The number of likely N-dealkylation sites (tertiary alicyclic amines) is 1. The number of nitrogens with zero attached hydrogens (tertiary/aromatic N) is 2. The van der Waals surface area contributed by atoms with Crippen LogP contribution in [-0.4, -0.2) is 39.9 Å². The van der Waals surface area contributed by atoms with E-state index in [1.165, 1.54) is 12.1 Å².